The van der Waals surface area contributed by atoms with Crippen molar-refractivity contribution >= 4 is 27.5 Å². The van der Waals surface area contributed by atoms with Gasteiger partial charge in [-0.15, -0.1) is 0 Å². The summed E-state index contributed by atoms with van der Waals surface area (Å²) < 4.78 is 9.73. The number of halogens is 1. The number of aromatic nitrogens is 1. The molecule has 6 heteroatoms. The van der Waals surface area contributed by atoms with Gasteiger partial charge in [0, 0.05) is 12.7 Å². The first-order valence-corrected chi connectivity index (χ1v) is 6.72. The van der Waals surface area contributed by atoms with Crippen molar-refractivity contribution in [3.63, 3.8) is 0 Å². The maximum atomic E-state index is 11.8. The number of methoxy groups -OCH3 is 1. The minimum atomic E-state index is -0.617. The van der Waals surface area contributed by atoms with Crippen molar-refractivity contribution in [2.24, 2.45) is 0 Å². The Hall–Kier alpha value is -1.14. The van der Waals surface area contributed by atoms with Crippen molar-refractivity contribution in [1.29, 1.82) is 0 Å². The zero-order chi connectivity index (χ0) is 14.5. The van der Waals surface area contributed by atoms with Crippen LogP contribution in [-0.4, -0.2) is 35.5 Å². The van der Waals surface area contributed by atoms with Gasteiger partial charge < -0.3 is 14.8 Å². The van der Waals surface area contributed by atoms with Gasteiger partial charge in [-0.1, -0.05) is 15.9 Å². The molecule has 1 amide bonds. The Balaban J connectivity index is 2.69. The molecule has 0 saturated carbocycles. The summed E-state index contributed by atoms with van der Waals surface area (Å²) in [7, 11) is 1.62. The summed E-state index contributed by atoms with van der Waals surface area (Å²) in [6.45, 7) is 6.40. The predicted octanol–water partition coefficient (Wildman–Crippen LogP) is 2.53. The number of anilines is 1. The van der Waals surface area contributed by atoms with E-state index in [0.717, 1.165) is 5.56 Å². The van der Waals surface area contributed by atoms with Crippen molar-refractivity contribution in [3.8, 4) is 5.88 Å². The first-order valence-electron chi connectivity index (χ1n) is 5.93. The van der Waals surface area contributed by atoms with Gasteiger partial charge >= 0.3 is 0 Å². The average molecular weight is 331 g/mol. The van der Waals surface area contributed by atoms with E-state index in [-0.39, 0.29) is 5.91 Å². The van der Waals surface area contributed by atoms with Gasteiger partial charge in [0.1, 0.15) is 6.61 Å². The van der Waals surface area contributed by atoms with E-state index < -0.39 is 4.32 Å². The third-order valence-electron chi connectivity index (χ3n) is 2.35. The lowest BCUT2D eigenvalue weighted by molar-refractivity contribution is -0.117. The number of nitrogens with one attached hydrogen (secondary N) is 1. The fourth-order valence-electron chi connectivity index (χ4n) is 1.28. The molecule has 0 aliphatic heterocycles. The van der Waals surface area contributed by atoms with Crippen molar-refractivity contribution in [2.45, 2.75) is 25.1 Å². The lowest BCUT2D eigenvalue weighted by Gasteiger charge is -2.16. The van der Waals surface area contributed by atoms with Crippen molar-refractivity contribution in [1.82, 2.24) is 4.98 Å². The fourth-order valence-corrected chi connectivity index (χ4v) is 1.38. The van der Waals surface area contributed by atoms with E-state index in [0.29, 0.717) is 24.8 Å². The normalized spacial score (nSPS) is 11.2. The summed E-state index contributed by atoms with van der Waals surface area (Å²) in [4.78, 5) is 16.0. The number of rotatable bonds is 6. The summed E-state index contributed by atoms with van der Waals surface area (Å²) in [6, 6.07) is 1.83. The largest absolute Gasteiger partial charge is 0.475 e. The number of nitrogens with zero attached hydrogens (tertiary/aromatic N) is 1. The first kappa shape index (κ1) is 15.9. The summed E-state index contributed by atoms with van der Waals surface area (Å²) in [6.07, 6.45) is 1.58. The van der Waals surface area contributed by atoms with Crippen LogP contribution in [0.5, 0.6) is 5.88 Å². The van der Waals surface area contributed by atoms with E-state index in [4.69, 9.17) is 9.47 Å². The van der Waals surface area contributed by atoms with Crippen molar-refractivity contribution in [2.75, 3.05) is 25.6 Å². The van der Waals surface area contributed by atoms with E-state index in [1.807, 2.05) is 13.0 Å². The maximum Gasteiger partial charge on any atom is 0.240 e. The fraction of sp³-hybridized carbons (Fsp3) is 0.538. The van der Waals surface area contributed by atoms with Crippen LogP contribution >= 0.6 is 15.9 Å². The smallest absolute Gasteiger partial charge is 0.240 e. The van der Waals surface area contributed by atoms with Crippen molar-refractivity contribution < 1.29 is 14.3 Å². The SMILES string of the molecule is COCCOc1ncc(NC(=O)C(C)(C)Br)cc1C. The second kappa shape index (κ2) is 6.86. The number of alkyl halides is 1. The number of carbonyl (C=O) groups excluding carboxylic acids is 1. The number of hydrogen-bond donors (Lipinski definition) is 1. The summed E-state index contributed by atoms with van der Waals surface area (Å²) in [5.41, 5.74) is 1.51. The number of ether oxygens (including phenoxy) is 2. The van der Waals surface area contributed by atoms with Crippen LogP contribution in [0, 0.1) is 6.92 Å². The molecule has 5 nitrogen and oxygen atoms in total. The lowest BCUT2D eigenvalue weighted by atomic mass is 10.2. The van der Waals surface area contributed by atoms with Crippen LogP contribution in [-0.2, 0) is 9.53 Å². The zero-order valence-electron chi connectivity index (χ0n) is 11.6. The highest BCUT2D eigenvalue weighted by Crippen LogP contribution is 2.22. The summed E-state index contributed by atoms with van der Waals surface area (Å²) >= 11 is 3.31. The predicted molar refractivity (Wildman–Crippen MR) is 78.0 cm³/mol. The highest BCUT2D eigenvalue weighted by atomic mass is 79.9. The standard InChI is InChI=1S/C13H19BrN2O3/c1-9-7-10(16-12(17)13(2,3)14)8-15-11(9)19-6-5-18-4/h7-8H,5-6H2,1-4H3,(H,16,17). The van der Waals surface area contributed by atoms with E-state index in [1.54, 1.807) is 27.2 Å². The minimum absolute atomic E-state index is 0.123. The molecule has 1 aromatic rings. The Morgan fingerprint density at radius 2 is 2.16 bits per heavy atom. The molecule has 1 heterocycles. The van der Waals surface area contributed by atoms with Crippen LogP contribution in [0.15, 0.2) is 12.3 Å². The Labute approximate surface area is 121 Å². The third-order valence-corrected chi connectivity index (χ3v) is 2.71. The molecular weight excluding hydrogens is 312 g/mol. The van der Waals surface area contributed by atoms with Gasteiger partial charge in [0.05, 0.1) is 22.8 Å². The quantitative estimate of drug-likeness (QED) is 0.643. The highest BCUT2D eigenvalue weighted by Gasteiger charge is 2.23. The van der Waals surface area contributed by atoms with E-state index in [1.165, 1.54) is 0 Å². The van der Waals surface area contributed by atoms with Gasteiger partial charge in [-0.2, -0.15) is 0 Å². The molecule has 0 aliphatic carbocycles. The van der Waals surface area contributed by atoms with Crippen LogP contribution in [0.25, 0.3) is 0 Å². The number of pyridine rings is 1. The number of carbonyl (C=O) groups is 1. The molecule has 106 valence electrons. The third kappa shape index (κ3) is 5.16. The molecule has 0 fully saturated rings. The zero-order valence-corrected chi connectivity index (χ0v) is 13.2. The van der Waals surface area contributed by atoms with Crippen LogP contribution < -0.4 is 10.1 Å². The Kier molecular flexibility index (Phi) is 5.75. The summed E-state index contributed by atoms with van der Waals surface area (Å²) in [5.74, 6) is 0.426. The van der Waals surface area contributed by atoms with Gasteiger partial charge in [-0.05, 0) is 26.8 Å². The highest BCUT2D eigenvalue weighted by molar-refractivity contribution is 9.10. The van der Waals surface area contributed by atoms with Gasteiger partial charge in [0.25, 0.3) is 0 Å². The Morgan fingerprint density at radius 1 is 1.47 bits per heavy atom. The van der Waals surface area contributed by atoms with E-state index in [9.17, 15) is 4.79 Å². The number of hydrogen-bond acceptors (Lipinski definition) is 4. The Morgan fingerprint density at radius 3 is 2.68 bits per heavy atom. The molecule has 0 radical (unpaired) electrons. The topological polar surface area (TPSA) is 60.5 Å². The van der Waals surface area contributed by atoms with Gasteiger partial charge in [0.15, 0.2) is 0 Å². The average Bonchev–Trinajstić information content (AvgIpc) is 2.31. The molecule has 0 spiro atoms. The monoisotopic (exact) mass is 330 g/mol. The first-order chi connectivity index (χ1) is 8.84. The van der Waals surface area contributed by atoms with Crippen LogP contribution in [0.4, 0.5) is 5.69 Å². The molecular formula is C13H19BrN2O3. The lowest BCUT2D eigenvalue weighted by Crippen LogP contribution is -2.31. The van der Waals surface area contributed by atoms with E-state index in [2.05, 4.69) is 26.2 Å². The maximum absolute atomic E-state index is 11.8. The van der Waals surface area contributed by atoms with Crippen LogP contribution in [0.3, 0.4) is 0 Å². The van der Waals surface area contributed by atoms with E-state index >= 15 is 0 Å². The molecule has 1 aromatic heterocycles. The van der Waals surface area contributed by atoms with Crippen molar-refractivity contribution in [3.05, 3.63) is 17.8 Å². The molecule has 1 rings (SSSR count). The molecule has 0 aromatic carbocycles. The Bertz CT molecular complexity index is 444. The molecule has 0 saturated heterocycles. The van der Waals surface area contributed by atoms with Gasteiger partial charge in [-0.3, -0.25) is 4.79 Å². The van der Waals surface area contributed by atoms with Crippen LogP contribution in [0.2, 0.25) is 0 Å². The molecule has 19 heavy (non-hydrogen) atoms. The minimum Gasteiger partial charge on any atom is -0.475 e. The molecule has 0 unspecified atom stereocenters. The summed E-state index contributed by atoms with van der Waals surface area (Å²) in [5, 5.41) is 2.79. The number of aryl methyl sites for hydroxylation is 1. The second-order valence-electron chi connectivity index (χ2n) is 4.61. The van der Waals surface area contributed by atoms with Crippen LogP contribution in [0.1, 0.15) is 19.4 Å². The second-order valence-corrected chi connectivity index (χ2v) is 6.60. The molecule has 1 N–H and O–H groups in total. The molecule has 0 aliphatic rings. The number of amides is 1. The molecule has 0 atom stereocenters. The van der Waals surface area contributed by atoms with Gasteiger partial charge in [0.2, 0.25) is 11.8 Å². The molecule has 0 bridgehead atoms. The van der Waals surface area contributed by atoms with Gasteiger partial charge in [-0.25, -0.2) is 4.98 Å².